The molecule has 3 rings (SSSR count). The molecule has 3 fully saturated rings. The fourth-order valence-electron chi connectivity index (χ4n) is 4.47. The van der Waals surface area contributed by atoms with E-state index in [0.29, 0.717) is 0 Å². The Kier molecular flexibility index (Phi) is 5.14. The van der Waals surface area contributed by atoms with Gasteiger partial charge in [-0.2, -0.15) is 13.2 Å². The first-order chi connectivity index (χ1) is 12.9. The number of hydrogen-bond donors (Lipinski definition) is 2. The van der Waals surface area contributed by atoms with E-state index in [1.54, 1.807) is 5.32 Å². The Hall–Kier alpha value is -1.84. The molecule has 0 radical (unpaired) electrons. The van der Waals surface area contributed by atoms with E-state index in [9.17, 15) is 32.7 Å². The van der Waals surface area contributed by atoms with Crippen molar-refractivity contribution in [1.82, 2.24) is 10.2 Å². The predicted octanol–water partition coefficient (Wildman–Crippen LogP) is 1.56. The molecule has 0 bridgehead atoms. The largest absolute Gasteiger partial charge is 0.480 e. The third-order valence-corrected chi connectivity index (χ3v) is 6.48. The van der Waals surface area contributed by atoms with E-state index in [2.05, 4.69) is 0 Å². The second-order valence-corrected chi connectivity index (χ2v) is 8.57. The molecule has 5 atom stereocenters. The molecule has 2 aliphatic carbocycles. The highest BCUT2D eigenvalue weighted by Crippen LogP contribution is 2.64. The van der Waals surface area contributed by atoms with E-state index >= 15 is 0 Å². The summed E-state index contributed by atoms with van der Waals surface area (Å²) in [6.07, 6.45) is -3.94. The van der Waals surface area contributed by atoms with Crippen LogP contribution in [0.1, 0.15) is 40.0 Å². The molecule has 10 heteroatoms. The number of likely N-dealkylation sites (tertiary alicyclic amines) is 1. The Morgan fingerprint density at radius 3 is 2.32 bits per heavy atom. The third kappa shape index (κ3) is 3.58. The molecule has 2 saturated carbocycles. The monoisotopic (exact) mass is 406 g/mol. The normalized spacial score (nSPS) is 30.8. The summed E-state index contributed by atoms with van der Waals surface area (Å²) in [5.74, 6) is -4.57. The summed E-state index contributed by atoms with van der Waals surface area (Å²) < 4.78 is 43.9. The van der Waals surface area contributed by atoms with Gasteiger partial charge in [-0.25, -0.2) is 4.79 Å². The number of rotatable bonds is 6. The van der Waals surface area contributed by atoms with Gasteiger partial charge in [-0.15, -0.1) is 0 Å². The van der Waals surface area contributed by atoms with Crippen LogP contribution in [-0.4, -0.2) is 64.8 Å². The van der Waals surface area contributed by atoms with Crippen LogP contribution >= 0.6 is 0 Å². The molecule has 1 heterocycles. The highest BCUT2D eigenvalue weighted by atomic mass is 19.4. The summed E-state index contributed by atoms with van der Waals surface area (Å²) in [5, 5.41) is 11.3. The van der Waals surface area contributed by atoms with E-state index in [4.69, 9.17) is 4.74 Å². The zero-order chi connectivity index (χ0) is 21.0. The Labute approximate surface area is 160 Å². The zero-order valence-electron chi connectivity index (χ0n) is 16.0. The Morgan fingerprint density at radius 1 is 1.25 bits per heavy atom. The van der Waals surface area contributed by atoms with Crippen LogP contribution in [0.2, 0.25) is 0 Å². The van der Waals surface area contributed by atoms with Gasteiger partial charge in [0, 0.05) is 12.5 Å². The van der Waals surface area contributed by atoms with Crippen LogP contribution < -0.4 is 5.32 Å². The number of halogens is 3. The fraction of sp³-hybridized carbons (Fsp3) is 0.833. The minimum Gasteiger partial charge on any atom is -0.480 e. The molecular weight excluding hydrogens is 381 g/mol. The van der Waals surface area contributed by atoms with Gasteiger partial charge in [-0.1, -0.05) is 13.8 Å². The Balaban J connectivity index is 1.79. The molecule has 2 amide bonds. The molecule has 0 spiro atoms. The maximum absolute atomic E-state index is 13.0. The van der Waals surface area contributed by atoms with Crippen molar-refractivity contribution in [3.05, 3.63) is 0 Å². The topological polar surface area (TPSA) is 95.9 Å². The van der Waals surface area contributed by atoms with Crippen molar-refractivity contribution in [2.75, 3.05) is 6.54 Å². The second-order valence-electron chi connectivity index (χ2n) is 8.57. The van der Waals surface area contributed by atoms with Gasteiger partial charge in [0.25, 0.3) is 0 Å². The number of piperidine rings is 1. The van der Waals surface area contributed by atoms with Gasteiger partial charge in [0.15, 0.2) is 0 Å². The first kappa shape index (κ1) is 20.9. The number of nitrogens with zero attached hydrogens (tertiary/aromatic N) is 1. The van der Waals surface area contributed by atoms with Gasteiger partial charge < -0.3 is 20.1 Å². The van der Waals surface area contributed by atoms with Crippen LogP contribution in [0.4, 0.5) is 13.2 Å². The molecule has 3 aliphatic rings. The molecule has 7 nitrogen and oxygen atoms in total. The van der Waals surface area contributed by atoms with Crippen LogP contribution in [0.15, 0.2) is 0 Å². The van der Waals surface area contributed by atoms with Crippen molar-refractivity contribution in [2.24, 2.45) is 17.3 Å². The van der Waals surface area contributed by atoms with E-state index in [1.807, 2.05) is 13.8 Å². The number of ether oxygens (including phenoxy) is 1. The van der Waals surface area contributed by atoms with Crippen molar-refractivity contribution >= 4 is 17.8 Å². The average Bonchev–Trinajstić information content (AvgIpc) is 2.92. The quantitative estimate of drug-likeness (QED) is 0.698. The summed E-state index contributed by atoms with van der Waals surface area (Å²) in [7, 11) is 0. The van der Waals surface area contributed by atoms with Crippen LogP contribution in [0, 0.1) is 17.3 Å². The number of amides is 2. The maximum Gasteiger partial charge on any atom is 0.471 e. The summed E-state index contributed by atoms with van der Waals surface area (Å²) >= 11 is 0. The molecular formula is C18H25F3N2O5. The maximum atomic E-state index is 13.0. The standard InChI is InChI=1S/C18H25F3N2O5/c1-8(28-9-5-4-6-9)12(22-16(27)18(19,20)21)14(24)23-7-10-11(17(10,2)3)13(23)15(25)26/h8-13H,4-7H2,1-3H3,(H,22,27)(H,25,26)/t8-,10+,11+,12+,13+/m1/s1. The molecule has 158 valence electrons. The fourth-order valence-corrected chi connectivity index (χ4v) is 4.47. The lowest BCUT2D eigenvalue weighted by atomic mass is 9.95. The van der Waals surface area contributed by atoms with Crippen LogP contribution in [0.25, 0.3) is 0 Å². The number of fused-ring (bicyclic) bond motifs is 1. The molecule has 1 aliphatic heterocycles. The van der Waals surface area contributed by atoms with Gasteiger partial charge in [0.1, 0.15) is 12.1 Å². The number of carboxylic acid groups (broad SMARTS) is 1. The molecule has 1 saturated heterocycles. The summed E-state index contributed by atoms with van der Waals surface area (Å²) in [5.41, 5.74) is -0.238. The van der Waals surface area contributed by atoms with E-state index in [-0.39, 0.29) is 29.9 Å². The second kappa shape index (κ2) is 6.89. The van der Waals surface area contributed by atoms with E-state index in [0.717, 1.165) is 24.2 Å². The first-order valence-corrected chi connectivity index (χ1v) is 9.42. The lowest BCUT2D eigenvalue weighted by Crippen LogP contribution is -2.59. The zero-order valence-corrected chi connectivity index (χ0v) is 16.0. The highest BCUT2D eigenvalue weighted by Gasteiger charge is 2.70. The van der Waals surface area contributed by atoms with E-state index < -0.39 is 42.1 Å². The molecule has 0 aromatic heterocycles. The molecule has 28 heavy (non-hydrogen) atoms. The summed E-state index contributed by atoms with van der Waals surface area (Å²) in [6, 6.07) is -2.72. The molecule has 0 aromatic carbocycles. The number of carbonyl (C=O) groups is 3. The first-order valence-electron chi connectivity index (χ1n) is 9.42. The molecule has 2 N–H and O–H groups in total. The number of aliphatic carboxylic acids is 1. The lowest BCUT2D eigenvalue weighted by molar-refractivity contribution is -0.177. The van der Waals surface area contributed by atoms with Crippen molar-refractivity contribution in [3.63, 3.8) is 0 Å². The summed E-state index contributed by atoms with van der Waals surface area (Å²) in [4.78, 5) is 37.4. The smallest absolute Gasteiger partial charge is 0.471 e. The van der Waals surface area contributed by atoms with Gasteiger partial charge in [-0.05, 0) is 37.5 Å². The number of hydrogen-bond acceptors (Lipinski definition) is 4. The van der Waals surface area contributed by atoms with Gasteiger partial charge >= 0.3 is 18.1 Å². The van der Waals surface area contributed by atoms with Crippen LogP contribution in [-0.2, 0) is 19.1 Å². The summed E-state index contributed by atoms with van der Waals surface area (Å²) in [6.45, 7) is 5.38. The minimum absolute atomic E-state index is 0.0284. The van der Waals surface area contributed by atoms with Gasteiger partial charge in [0.2, 0.25) is 5.91 Å². The number of carboxylic acids is 1. The number of carbonyl (C=O) groups excluding carboxylic acids is 2. The van der Waals surface area contributed by atoms with Gasteiger partial charge in [-0.3, -0.25) is 9.59 Å². The van der Waals surface area contributed by atoms with Crippen molar-refractivity contribution < 1.29 is 37.4 Å². The number of nitrogens with one attached hydrogen (secondary N) is 1. The van der Waals surface area contributed by atoms with E-state index in [1.165, 1.54) is 6.92 Å². The van der Waals surface area contributed by atoms with Crippen molar-refractivity contribution in [3.8, 4) is 0 Å². The van der Waals surface area contributed by atoms with Crippen LogP contribution in [0.5, 0.6) is 0 Å². The van der Waals surface area contributed by atoms with Gasteiger partial charge in [0.05, 0.1) is 12.2 Å². The molecule has 0 unspecified atom stereocenters. The Bertz CT molecular complexity index is 677. The van der Waals surface area contributed by atoms with Crippen molar-refractivity contribution in [1.29, 1.82) is 0 Å². The number of alkyl halides is 3. The lowest BCUT2D eigenvalue weighted by Gasteiger charge is -2.36. The molecule has 0 aromatic rings. The average molecular weight is 406 g/mol. The van der Waals surface area contributed by atoms with Crippen LogP contribution in [0.3, 0.4) is 0 Å². The predicted molar refractivity (Wildman–Crippen MR) is 90.1 cm³/mol. The third-order valence-electron chi connectivity index (χ3n) is 6.48. The Morgan fingerprint density at radius 2 is 1.86 bits per heavy atom. The van der Waals surface area contributed by atoms with Crippen molar-refractivity contribution in [2.45, 2.75) is 70.5 Å². The SMILES string of the molecule is C[C@@H](OC1CCC1)[C@H](NC(=O)C(F)(F)F)C(=O)N1C[C@H]2[C@@H]([C@H]1C(=O)O)C2(C)C. The highest BCUT2D eigenvalue weighted by molar-refractivity contribution is 5.93. The minimum atomic E-state index is -5.16.